The second-order valence-corrected chi connectivity index (χ2v) is 4.58. The van der Waals surface area contributed by atoms with E-state index in [4.69, 9.17) is 10.00 Å². The van der Waals surface area contributed by atoms with Crippen molar-refractivity contribution in [3.63, 3.8) is 0 Å². The molecule has 0 saturated carbocycles. The van der Waals surface area contributed by atoms with Gasteiger partial charge in [-0.3, -0.25) is 0 Å². The second-order valence-electron chi connectivity index (χ2n) is 4.58. The van der Waals surface area contributed by atoms with Gasteiger partial charge in [-0.15, -0.1) is 0 Å². The average molecular weight is 253 g/mol. The van der Waals surface area contributed by atoms with Gasteiger partial charge in [0.2, 0.25) is 0 Å². The minimum absolute atomic E-state index is 0.213. The number of para-hydroxylation sites is 1. The van der Waals surface area contributed by atoms with E-state index in [9.17, 15) is 0 Å². The lowest BCUT2D eigenvalue weighted by molar-refractivity contribution is 0.432. The number of aryl methyl sites for hydroxylation is 1. The maximum absolute atomic E-state index is 8.90. The van der Waals surface area contributed by atoms with Crippen LogP contribution in [-0.4, -0.2) is 9.97 Å². The van der Waals surface area contributed by atoms with Crippen LogP contribution in [0.15, 0.2) is 30.3 Å². The maximum atomic E-state index is 8.90. The third-order valence-electron chi connectivity index (χ3n) is 2.69. The number of aromatic nitrogens is 2. The molecule has 0 aliphatic carbocycles. The number of nitriles is 1. The van der Waals surface area contributed by atoms with Crippen molar-refractivity contribution in [1.29, 1.82) is 5.26 Å². The molecule has 4 nitrogen and oxygen atoms in total. The minimum atomic E-state index is 0.213. The molecule has 0 fully saturated rings. The van der Waals surface area contributed by atoms with Crippen LogP contribution < -0.4 is 4.74 Å². The average Bonchev–Trinajstić information content (AvgIpc) is 2.38. The van der Waals surface area contributed by atoms with Crippen LogP contribution in [0.4, 0.5) is 0 Å². The van der Waals surface area contributed by atoms with Crippen molar-refractivity contribution in [1.82, 2.24) is 9.97 Å². The first-order valence-electron chi connectivity index (χ1n) is 6.12. The summed E-state index contributed by atoms with van der Waals surface area (Å²) in [7, 11) is 0. The summed E-state index contributed by atoms with van der Waals surface area (Å²) in [6, 6.07) is 11.6. The SMILES string of the molecule is Cc1cc(C#N)nc(Oc2ccccc2C(C)C)n1. The van der Waals surface area contributed by atoms with E-state index in [0.717, 1.165) is 11.3 Å². The zero-order chi connectivity index (χ0) is 13.8. The van der Waals surface area contributed by atoms with Gasteiger partial charge in [0.15, 0.2) is 0 Å². The van der Waals surface area contributed by atoms with E-state index in [2.05, 4.69) is 23.8 Å². The molecule has 0 saturated heterocycles. The number of nitrogens with zero attached hydrogens (tertiary/aromatic N) is 3. The summed E-state index contributed by atoms with van der Waals surface area (Å²) in [5.74, 6) is 1.07. The lowest BCUT2D eigenvalue weighted by atomic mass is 10.0. The van der Waals surface area contributed by atoms with Crippen LogP contribution in [0.1, 0.15) is 36.7 Å². The molecular formula is C15H15N3O. The Morgan fingerprint density at radius 3 is 2.63 bits per heavy atom. The van der Waals surface area contributed by atoms with Crippen LogP contribution in [-0.2, 0) is 0 Å². The van der Waals surface area contributed by atoms with Crippen molar-refractivity contribution < 1.29 is 4.74 Å². The fraction of sp³-hybridized carbons (Fsp3) is 0.267. The number of ether oxygens (including phenoxy) is 1. The summed E-state index contributed by atoms with van der Waals surface area (Å²) >= 11 is 0. The molecule has 0 bridgehead atoms. The van der Waals surface area contributed by atoms with Gasteiger partial charge in [0.1, 0.15) is 17.5 Å². The van der Waals surface area contributed by atoms with E-state index in [1.165, 1.54) is 0 Å². The highest BCUT2D eigenvalue weighted by molar-refractivity contribution is 5.37. The minimum Gasteiger partial charge on any atom is -0.424 e. The molecule has 0 aliphatic rings. The Morgan fingerprint density at radius 2 is 1.95 bits per heavy atom. The summed E-state index contributed by atoms with van der Waals surface area (Å²) in [4.78, 5) is 8.25. The van der Waals surface area contributed by atoms with Gasteiger partial charge in [0.05, 0.1) is 0 Å². The van der Waals surface area contributed by atoms with Crippen LogP contribution in [0.2, 0.25) is 0 Å². The van der Waals surface area contributed by atoms with Crippen molar-refractivity contribution in [2.75, 3.05) is 0 Å². The third-order valence-corrected chi connectivity index (χ3v) is 2.69. The second kappa shape index (κ2) is 5.49. The maximum Gasteiger partial charge on any atom is 0.323 e. The summed E-state index contributed by atoms with van der Waals surface area (Å²) in [6.07, 6.45) is 0. The smallest absolute Gasteiger partial charge is 0.323 e. The molecule has 0 spiro atoms. The zero-order valence-corrected chi connectivity index (χ0v) is 11.2. The Labute approximate surface area is 112 Å². The van der Waals surface area contributed by atoms with E-state index < -0.39 is 0 Å². The quantitative estimate of drug-likeness (QED) is 0.839. The Kier molecular flexibility index (Phi) is 3.76. The predicted octanol–water partition coefficient (Wildman–Crippen LogP) is 3.57. The Hall–Kier alpha value is -2.41. The lowest BCUT2D eigenvalue weighted by Gasteiger charge is -2.12. The van der Waals surface area contributed by atoms with Crippen LogP contribution in [0.3, 0.4) is 0 Å². The van der Waals surface area contributed by atoms with Crippen molar-refractivity contribution >= 4 is 0 Å². The van der Waals surface area contributed by atoms with Gasteiger partial charge in [-0.1, -0.05) is 32.0 Å². The van der Waals surface area contributed by atoms with E-state index in [-0.39, 0.29) is 6.01 Å². The van der Waals surface area contributed by atoms with Gasteiger partial charge < -0.3 is 4.74 Å². The molecule has 0 aliphatic heterocycles. The Bertz CT molecular complexity index is 630. The molecule has 96 valence electrons. The topological polar surface area (TPSA) is 58.8 Å². The molecule has 0 amide bonds. The molecule has 2 aromatic rings. The molecule has 0 unspecified atom stereocenters. The largest absolute Gasteiger partial charge is 0.424 e. The molecule has 1 aromatic heterocycles. The predicted molar refractivity (Wildman–Crippen MR) is 72.1 cm³/mol. The summed E-state index contributed by atoms with van der Waals surface area (Å²) in [5, 5.41) is 8.90. The van der Waals surface area contributed by atoms with Crippen molar-refractivity contribution in [3.05, 3.63) is 47.3 Å². The first-order valence-corrected chi connectivity index (χ1v) is 6.12. The van der Waals surface area contributed by atoms with Gasteiger partial charge in [0.25, 0.3) is 0 Å². The van der Waals surface area contributed by atoms with Crippen LogP contribution in [0.5, 0.6) is 11.8 Å². The van der Waals surface area contributed by atoms with E-state index in [1.807, 2.05) is 37.3 Å². The van der Waals surface area contributed by atoms with Crippen molar-refractivity contribution in [2.24, 2.45) is 0 Å². The first-order chi connectivity index (χ1) is 9.10. The van der Waals surface area contributed by atoms with Gasteiger partial charge >= 0.3 is 6.01 Å². The molecule has 0 radical (unpaired) electrons. The zero-order valence-electron chi connectivity index (χ0n) is 11.2. The van der Waals surface area contributed by atoms with Gasteiger partial charge in [-0.2, -0.15) is 10.2 Å². The molecule has 2 rings (SSSR count). The fourth-order valence-corrected chi connectivity index (χ4v) is 1.79. The fourth-order valence-electron chi connectivity index (χ4n) is 1.79. The highest BCUT2D eigenvalue weighted by atomic mass is 16.5. The van der Waals surface area contributed by atoms with Crippen LogP contribution in [0, 0.1) is 18.3 Å². The normalized spacial score (nSPS) is 10.3. The van der Waals surface area contributed by atoms with E-state index >= 15 is 0 Å². The van der Waals surface area contributed by atoms with Crippen molar-refractivity contribution in [3.8, 4) is 17.8 Å². The lowest BCUT2D eigenvalue weighted by Crippen LogP contribution is -1.99. The summed E-state index contributed by atoms with van der Waals surface area (Å²) < 4.78 is 5.72. The number of rotatable bonds is 3. The summed E-state index contributed by atoms with van der Waals surface area (Å²) in [6.45, 7) is 6.00. The van der Waals surface area contributed by atoms with Gasteiger partial charge in [0, 0.05) is 5.69 Å². The first kappa shape index (κ1) is 13.0. The standard InChI is InChI=1S/C15H15N3O/c1-10(2)13-6-4-5-7-14(13)19-15-17-11(3)8-12(9-16)18-15/h4-8,10H,1-3H3. The number of benzene rings is 1. The summed E-state index contributed by atoms with van der Waals surface area (Å²) in [5.41, 5.74) is 2.11. The molecular weight excluding hydrogens is 238 g/mol. The Balaban J connectivity index is 2.37. The monoisotopic (exact) mass is 253 g/mol. The van der Waals surface area contributed by atoms with E-state index in [1.54, 1.807) is 6.07 Å². The van der Waals surface area contributed by atoms with Gasteiger partial charge in [-0.25, -0.2) is 4.98 Å². The van der Waals surface area contributed by atoms with Crippen LogP contribution in [0.25, 0.3) is 0 Å². The molecule has 1 heterocycles. The molecule has 0 atom stereocenters. The Morgan fingerprint density at radius 1 is 1.21 bits per heavy atom. The van der Waals surface area contributed by atoms with Crippen molar-refractivity contribution in [2.45, 2.75) is 26.7 Å². The molecule has 19 heavy (non-hydrogen) atoms. The molecule has 1 aromatic carbocycles. The number of hydrogen-bond acceptors (Lipinski definition) is 4. The molecule has 4 heteroatoms. The van der Waals surface area contributed by atoms with Crippen LogP contribution >= 0.6 is 0 Å². The highest BCUT2D eigenvalue weighted by Crippen LogP contribution is 2.28. The van der Waals surface area contributed by atoms with Gasteiger partial charge in [-0.05, 0) is 30.5 Å². The third kappa shape index (κ3) is 3.08. The number of hydrogen-bond donors (Lipinski definition) is 0. The molecule has 0 N–H and O–H groups in total. The highest BCUT2D eigenvalue weighted by Gasteiger charge is 2.10. The van der Waals surface area contributed by atoms with E-state index in [0.29, 0.717) is 17.3 Å².